The number of nitrogens with one attached hydrogen (secondary N) is 1. The van der Waals surface area contributed by atoms with Gasteiger partial charge in [-0.05, 0) is 25.1 Å². The van der Waals surface area contributed by atoms with Crippen LogP contribution < -0.4 is 5.32 Å². The highest BCUT2D eigenvalue weighted by Crippen LogP contribution is 2.11. The number of aryl methyl sites for hydroxylation is 1. The Morgan fingerprint density at radius 2 is 2.13 bits per heavy atom. The minimum Gasteiger partial charge on any atom is -0.348 e. The normalized spacial score (nSPS) is 11.0. The molecule has 1 amide bonds. The summed E-state index contributed by atoms with van der Waals surface area (Å²) in [6.07, 6.45) is 8.66. The zero-order chi connectivity index (χ0) is 16.1. The lowest BCUT2D eigenvalue weighted by Crippen LogP contribution is -2.19. The van der Waals surface area contributed by atoms with Crippen molar-refractivity contribution in [2.45, 2.75) is 13.5 Å². The van der Waals surface area contributed by atoms with Gasteiger partial charge in [0.25, 0.3) is 0 Å². The number of para-hydroxylation sites is 1. The molecular weight excluding hydrogens is 308 g/mol. The number of rotatable bonds is 5. The van der Waals surface area contributed by atoms with Crippen LogP contribution in [0.5, 0.6) is 0 Å². The summed E-state index contributed by atoms with van der Waals surface area (Å²) in [5.41, 5.74) is 1.86. The number of hydrogen-bond acceptors (Lipinski definition) is 4. The van der Waals surface area contributed by atoms with Crippen LogP contribution in [-0.4, -0.2) is 20.7 Å². The molecule has 0 fully saturated rings. The molecule has 0 aliphatic carbocycles. The summed E-state index contributed by atoms with van der Waals surface area (Å²) in [5.74, 6) is -0.136. The van der Waals surface area contributed by atoms with Gasteiger partial charge < -0.3 is 5.32 Å². The number of thiazole rings is 1. The number of carbonyl (C=O) groups is 1. The second kappa shape index (κ2) is 7.02. The molecule has 23 heavy (non-hydrogen) atoms. The molecule has 1 N–H and O–H groups in total. The molecule has 6 heteroatoms. The van der Waals surface area contributed by atoms with Crippen LogP contribution in [0.4, 0.5) is 0 Å². The van der Waals surface area contributed by atoms with Crippen molar-refractivity contribution in [3.63, 3.8) is 0 Å². The van der Waals surface area contributed by atoms with Gasteiger partial charge in [0.15, 0.2) is 0 Å². The molecule has 0 saturated heterocycles. The smallest absolute Gasteiger partial charge is 0.244 e. The molecule has 1 aromatic carbocycles. The Balaban J connectivity index is 1.57. The SMILES string of the molecule is Cc1ncc(CNC(=O)C=Cc2cnn(-c3ccccc3)c2)s1. The summed E-state index contributed by atoms with van der Waals surface area (Å²) in [6, 6.07) is 9.83. The molecule has 0 radical (unpaired) electrons. The van der Waals surface area contributed by atoms with Gasteiger partial charge in [-0.1, -0.05) is 18.2 Å². The lowest BCUT2D eigenvalue weighted by molar-refractivity contribution is -0.116. The van der Waals surface area contributed by atoms with Gasteiger partial charge in [-0.2, -0.15) is 5.10 Å². The molecule has 0 spiro atoms. The van der Waals surface area contributed by atoms with Crippen LogP contribution in [0.2, 0.25) is 0 Å². The number of amides is 1. The number of benzene rings is 1. The molecule has 0 atom stereocenters. The van der Waals surface area contributed by atoms with Crippen LogP contribution in [0.25, 0.3) is 11.8 Å². The predicted molar refractivity (Wildman–Crippen MR) is 91.3 cm³/mol. The second-order valence-corrected chi connectivity index (χ2v) is 6.27. The zero-order valence-electron chi connectivity index (χ0n) is 12.6. The van der Waals surface area contributed by atoms with Crippen molar-refractivity contribution >= 4 is 23.3 Å². The Labute approximate surface area is 138 Å². The Morgan fingerprint density at radius 1 is 1.30 bits per heavy atom. The molecule has 2 heterocycles. The third-order valence-electron chi connectivity index (χ3n) is 3.16. The lowest BCUT2D eigenvalue weighted by atomic mass is 10.3. The first-order valence-corrected chi connectivity index (χ1v) is 8.00. The molecule has 3 rings (SSSR count). The Morgan fingerprint density at radius 3 is 2.87 bits per heavy atom. The van der Waals surface area contributed by atoms with Crippen LogP contribution in [0, 0.1) is 6.92 Å². The van der Waals surface area contributed by atoms with Crippen molar-refractivity contribution in [2.75, 3.05) is 0 Å². The van der Waals surface area contributed by atoms with Crippen molar-refractivity contribution < 1.29 is 4.79 Å². The monoisotopic (exact) mass is 324 g/mol. The van der Waals surface area contributed by atoms with E-state index in [0.29, 0.717) is 6.54 Å². The molecule has 0 saturated carbocycles. The fourth-order valence-electron chi connectivity index (χ4n) is 2.04. The quantitative estimate of drug-likeness (QED) is 0.734. The minimum absolute atomic E-state index is 0.136. The number of nitrogens with zero attached hydrogens (tertiary/aromatic N) is 3. The summed E-state index contributed by atoms with van der Waals surface area (Å²) >= 11 is 1.58. The van der Waals surface area contributed by atoms with Crippen LogP contribution in [0.1, 0.15) is 15.4 Å². The predicted octanol–water partition coefficient (Wildman–Crippen LogP) is 2.97. The Kier molecular flexibility index (Phi) is 4.63. The average molecular weight is 324 g/mol. The van der Waals surface area contributed by atoms with E-state index in [1.165, 1.54) is 6.08 Å². The number of hydrogen-bond donors (Lipinski definition) is 1. The van der Waals surface area contributed by atoms with E-state index in [1.807, 2.05) is 43.5 Å². The third-order valence-corrected chi connectivity index (χ3v) is 4.07. The van der Waals surface area contributed by atoms with E-state index in [4.69, 9.17) is 0 Å². The summed E-state index contributed by atoms with van der Waals surface area (Å²) < 4.78 is 1.78. The van der Waals surface area contributed by atoms with E-state index < -0.39 is 0 Å². The van der Waals surface area contributed by atoms with E-state index in [2.05, 4.69) is 15.4 Å². The second-order valence-electron chi connectivity index (χ2n) is 4.95. The largest absolute Gasteiger partial charge is 0.348 e. The van der Waals surface area contributed by atoms with E-state index in [9.17, 15) is 4.79 Å². The van der Waals surface area contributed by atoms with Gasteiger partial charge in [-0.25, -0.2) is 9.67 Å². The minimum atomic E-state index is -0.136. The van der Waals surface area contributed by atoms with E-state index in [0.717, 1.165) is 21.1 Å². The van der Waals surface area contributed by atoms with Crippen LogP contribution in [0.15, 0.2) is 55.0 Å². The molecular formula is C17H16N4OS. The highest BCUT2D eigenvalue weighted by molar-refractivity contribution is 7.11. The van der Waals surface area contributed by atoms with Crippen LogP contribution in [-0.2, 0) is 11.3 Å². The highest BCUT2D eigenvalue weighted by Gasteiger charge is 2.01. The van der Waals surface area contributed by atoms with Gasteiger partial charge in [-0.3, -0.25) is 4.79 Å². The average Bonchev–Trinajstić information content (AvgIpc) is 3.21. The first-order chi connectivity index (χ1) is 11.2. The first kappa shape index (κ1) is 15.2. The molecule has 0 aliphatic rings. The van der Waals surface area contributed by atoms with E-state index >= 15 is 0 Å². The first-order valence-electron chi connectivity index (χ1n) is 7.18. The summed E-state index contributed by atoms with van der Waals surface area (Å²) in [4.78, 5) is 17.0. The number of aromatic nitrogens is 3. The van der Waals surface area contributed by atoms with Crippen molar-refractivity contribution in [2.24, 2.45) is 0 Å². The molecule has 0 bridgehead atoms. The zero-order valence-corrected chi connectivity index (χ0v) is 13.5. The fourth-order valence-corrected chi connectivity index (χ4v) is 2.77. The fraction of sp³-hybridized carbons (Fsp3) is 0.118. The van der Waals surface area contributed by atoms with Gasteiger partial charge in [0, 0.05) is 28.9 Å². The lowest BCUT2D eigenvalue weighted by Gasteiger charge is -1.98. The van der Waals surface area contributed by atoms with Crippen molar-refractivity contribution in [3.05, 3.63) is 70.4 Å². The maximum Gasteiger partial charge on any atom is 0.244 e. The molecule has 5 nitrogen and oxygen atoms in total. The maximum atomic E-state index is 11.8. The molecule has 0 unspecified atom stereocenters. The number of carbonyl (C=O) groups excluding carboxylic acids is 1. The Hall–Kier alpha value is -2.73. The molecule has 116 valence electrons. The van der Waals surface area contributed by atoms with Gasteiger partial charge in [0.05, 0.1) is 23.4 Å². The van der Waals surface area contributed by atoms with Gasteiger partial charge >= 0.3 is 0 Å². The van der Waals surface area contributed by atoms with Gasteiger partial charge in [0.2, 0.25) is 5.91 Å². The standard InChI is InChI=1S/C17H16N4OS/c1-13-18-10-16(23-13)11-19-17(22)8-7-14-9-20-21(12-14)15-5-3-2-4-6-15/h2-10,12H,11H2,1H3,(H,19,22). The molecule has 3 aromatic rings. The summed E-state index contributed by atoms with van der Waals surface area (Å²) in [5, 5.41) is 8.12. The van der Waals surface area contributed by atoms with Crippen LogP contribution >= 0.6 is 11.3 Å². The highest BCUT2D eigenvalue weighted by atomic mass is 32.1. The summed E-state index contributed by atoms with van der Waals surface area (Å²) in [6.45, 7) is 2.44. The topological polar surface area (TPSA) is 59.8 Å². The maximum absolute atomic E-state index is 11.8. The summed E-state index contributed by atoms with van der Waals surface area (Å²) in [7, 11) is 0. The van der Waals surface area contributed by atoms with Crippen molar-refractivity contribution in [1.29, 1.82) is 0 Å². The Bertz CT molecular complexity index is 820. The third kappa shape index (κ3) is 4.14. The van der Waals surface area contributed by atoms with Crippen LogP contribution in [0.3, 0.4) is 0 Å². The molecule has 2 aromatic heterocycles. The molecule has 0 aliphatic heterocycles. The van der Waals surface area contributed by atoms with E-state index in [1.54, 1.807) is 34.5 Å². The van der Waals surface area contributed by atoms with Gasteiger partial charge in [-0.15, -0.1) is 11.3 Å². The van der Waals surface area contributed by atoms with Gasteiger partial charge in [0.1, 0.15) is 0 Å². The van der Waals surface area contributed by atoms with E-state index in [-0.39, 0.29) is 5.91 Å². The van der Waals surface area contributed by atoms with Crippen molar-refractivity contribution in [1.82, 2.24) is 20.1 Å². The van der Waals surface area contributed by atoms with Crippen molar-refractivity contribution in [3.8, 4) is 5.69 Å².